The second-order valence-electron chi connectivity index (χ2n) is 4.71. The van der Waals surface area contributed by atoms with Gasteiger partial charge < -0.3 is 10.2 Å². The van der Waals surface area contributed by atoms with Gasteiger partial charge in [0, 0.05) is 6.20 Å². The highest BCUT2D eigenvalue weighted by molar-refractivity contribution is 5.86. The molecule has 0 aliphatic carbocycles. The van der Waals surface area contributed by atoms with E-state index >= 15 is 0 Å². The molecule has 0 aromatic carbocycles. The largest absolute Gasteiger partial charge is 0.477 e. The van der Waals surface area contributed by atoms with Crippen LogP contribution >= 0.6 is 0 Å². The number of nitrogens with zero attached hydrogens (tertiary/aromatic N) is 1. The van der Waals surface area contributed by atoms with Gasteiger partial charge in [-0.15, -0.1) is 0 Å². The molecular formula is C10H16N2O3. The zero-order chi connectivity index (χ0) is 11.8. The molecule has 15 heavy (non-hydrogen) atoms. The molecule has 0 bridgehead atoms. The van der Waals surface area contributed by atoms with Crippen molar-refractivity contribution in [1.82, 2.24) is 9.78 Å². The molecule has 0 saturated heterocycles. The zero-order valence-corrected chi connectivity index (χ0v) is 9.37. The predicted molar refractivity (Wildman–Crippen MR) is 56.2 cm³/mol. The van der Waals surface area contributed by atoms with Crippen molar-refractivity contribution in [2.24, 2.45) is 5.41 Å². The monoisotopic (exact) mass is 212 g/mol. The first-order valence-electron chi connectivity index (χ1n) is 4.78. The van der Waals surface area contributed by atoms with Crippen LogP contribution < -0.4 is 5.56 Å². The maximum atomic E-state index is 11.6. The number of hydrogen-bond acceptors (Lipinski definition) is 2. The van der Waals surface area contributed by atoms with Gasteiger partial charge in [-0.2, -0.15) is 0 Å². The summed E-state index contributed by atoms with van der Waals surface area (Å²) >= 11 is 0. The number of H-pyrrole nitrogens is 1. The zero-order valence-electron chi connectivity index (χ0n) is 9.37. The highest BCUT2D eigenvalue weighted by atomic mass is 16.4. The van der Waals surface area contributed by atoms with E-state index in [-0.39, 0.29) is 17.0 Å². The standard InChI is InChI=1S/C10H16N2O3/c1-6(10(2,3)4)12-8(13)7(5-11-12)9(14)15/h5-6,11H,1-4H3,(H,14,15). The molecule has 0 radical (unpaired) electrons. The lowest BCUT2D eigenvalue weighted by Gasteiger charge is -2.27. The minimum atomic E-state index is -1.20. The number of rotatable bonds is 2. The summed E-state index contributed by atoms with van der Waals surface area (Å²) < 4.78 is 1.35. The van der Waals surface area contributed by atoms with Crippen LogP contribution in [0.5, 0.6) is 0 Å². The molecule has 0 aliphatic heterocycles. The van der Waals surface area contributed by atoms with Gasteiger partial charge in [0.05, 0.1) is 6.04 Å². The molecule has 1 aromatic heterocycles. The number of nitrogens with one attached hydrogen (secondary N) is 1. The molecule has 1 aromatic rings. The number of carboxylic acid groups (broad SMARTS) is 1. The van der Waals surface area contributed by atoms with Crippen LogP contribution in [0, 0.1) is 5.41 Å². The Morgan fingerprint density at radius 2 is 2.07 bits per heavy atom. The molecular weight excluding hydrogens is 196 g/mol. The maximum Gasteiger partial charge on any atom is 0.342 e. The summed E-state index contributed by atoms with van der Waals surface area (Å²) in [4.78, 5) is 22.3. The van der Waals surface area contributed by atoms with Gasteiger partial charge >= 0.3 is 5.97 Å². The molecule has 2 N–H and O–H groups in total. The van der Waals surface area contributed by atoms with Gasteiger partial charge in [-0.3, -0.25) is 4.79 Å². The summed E-state index contributed by atoms with van der Waals surface area (Å²) in [6, 6.07) is -0.0851. The van der Waals surface area contributed by atoms with E-state index in [4.69, 9.17) is 5.11 Å². The smallest absolute Gasteiger partial charge is 0.342 e. The Bertz CT molecular complexity index is 423. The number of hydrogen-bond donors (Lipinski definition) is 2. The van der Waals surface area contributed by atoms with E-state index in [2.05, 4.69) is 5.10 Å². The molecule has 0 fully saturated rings. The molecule has 84 valence electrons. The van der Waals surface area contributed by atoms with Crippen molar-refractivity contribution < 1.29 is 9.90 Å². The number of aromatic amines is 1. The Hall–Kier alpha value is -1.52. The van der Waals surface area contributed by atoms with Crippen molar-refractivity contribution in [3.63, 3.8) is 0 Å². The third-order valence-corrected chi connectivity index (χ3v) is 2.67. The molecule has 0 aliphatic rings. The van der Waals surface area contributed by atoms with Crippen LogP contribution in [-0.2, 0) is 0 Å². The van der Waals surface area contributed by atoms with Gasteiger partial charge in [-0.05, 0) is 12.3 Å². The molecule has 0 spiro atoms. The topological polar surface area (TPSA) is 75.1 Å². The van der Waals surface area contributed by atoms with Gasteiger partial charge in [0.25, 0.3) is 5.56 Å². The maximum absolute atomic E-state index is 11.6. The number of carboxylic acids is 1. The van der Waals surface area contributed by atoms with E-state index in [1.54, 1.807) is 0 Å². The first kappa shape index (κ1) is 11.6. The number of aromatic carboxylic acids is 1. The number of carbonyl (C=O) groups is 1. The third kappa shape index (κ3) is 2.11. The Morgan fingerprint density at radius 1 is 1.53 bits per heavy atom. The van der Waals surface area contributed by atoms with Crippen LogP contribution in [0.2, 0.25) is 0 Å². The molecule has 0 saturated carbocycles. The van der Waals surface area contributed by atoms with Gasteiger partial charge in [-0.1, -0.05) is 20.8 Å². The lowest BCUT2D eigenvalue weighted by atomic mass is 9.88. The SMILES string of the molecule is CC(n1[nH]cc(C(=O)O)c1=O)C(C)(C)C. The third-order valence-electron chi connectivity index (χ3n) is 2.67. The first-order chi connectivity index (χ1) is 6.75. The normalized spacial score (nSPS) is 13.9. The van der Waals surface area contributed by atoms with Crippen LogP contribution in [0.1, 0.15) is 44.1 Å². The highest BCUT2D eigenvalue weighted by Crippen LogP contribution is 2.27. The van der Waals surface area contributed by atoms with Crippen molar-refractivity contribution in [1.29, 1.82) is 0 Å². The summed E-state index contributed by atoms with van der Waals surface area (Å²) in [6.07, 6.45) is 1.23. The van der Waals surface area contributed by atoms with E-state index in [1.165, 1.54) is 10.9 Å². The number of aromatic nitrogens is 2. The fourth-order valence-electron chi connectivity index (χ4n) is 1.21. The van der Waals surface area contributed by atoms with Crippen molar-refractivity contribution in [2.75, 3.05) is 0 Å². The fourth-order valence-corrected chi connectivity index (χ4v) is 1.21. The molecule has 1 unspecified atom stereocenters. The predicted octanol–water partition coefficient (Wildman–Crippen LogP) is 1.48. The summed E-state index contributed by atoms with van der Waals surface area (Å²) in [5, 5.41) is 11.4. The van der Waals surface area contributed by atoms with Gasteiger partial charge in [-0.25, -0.2) is 9.48 Å². The van der Waals surface area contributed by atoms with E-state index < -0.39 is 11.5 Å². The lowest BCUT2D eigenvalue weighted by Crippen LogP contribution is -2.31. The van der Waals surface area contributed by atoms with Gasteiger partial charge in [0.2, 0.25) is 0 Å². The van der Waals surface area contributed by atoms with Gasteiger partial charge in [0.15, 0.2) is 0 Å². The van der Waals surface area contributed by atoms with E-state index in [0.29, 0.717) is 0 Å². The molecule has 0 amide bonds. The average Bonchev–Trinajstić information content (AvgIpc) is 2.44. The second kappa shape index (κ2) is 3.56. The van der Waals surface area contributed by atoms with E-state index in [9.17, 15) is 9.59 Å². The van der Waals surface area contributed by atoms with Crippen LogP contribution in [0.4, 0.5) is 0 Å². The second-order valence-corrected chi connectivity index (χ2v) is 4.71. The molecule has 5 heteroatoms. The Balaban J connectivity index is 3.19. The quantitative estimate of drug-likeness (QED) is 0.779. The summed E-state index contributed by atoms with van der Waals surface area (Å²) in [5.41, 5.74) is -0.805. The highest BCUT2D eigenvalue weighted by Gasteiger charge is 2.25. The van der Waals surface area contributed by atoms with Crippen molar-refractivity contribution in [3.05, 3.63) is 22.1 Å². The Labute approximate surface area is 87.7 Å². The molecule has 1 heterocycles. The van der Waals surface area contributed by atoms with E-state index in [1.807, 2.05) is 27.7 Å². The van der Waals surface area contributed by atoms with Crippen LogP contribution in [0.3, 0.4) is 0 Å². The summed E-state index contributed by atoms with van der Waals surface area (Å²) in [5.74, 6) is -1.20. The average molecular weight is 212 g/mol. The van der Waals surface area contributed by atoms with Crippen molar-refractivity contribution in [2.45, 2.75) is 33.7 Å². The molecule has 5 nitrogen and oxygen atoms in total. The molecule has 1 atom stereocenters. The van der Waals surface area contributed by atoms with Crippen molar-refractivity contribution >= 4 is 5.97 Å². The Kier molecular flexibility index (Phi) is 2.75. The molecule has 1 rings (SSSR count). The fraction of sp³-hybridized carbons (Fsp3) is 0.600. The van der Waals surface area contributed by atoms with Crippen LogP contribution in [-0.4, -0.2) is 20.9 Å². The Morgan fingerprint density at radius 3 is 2.40 bits per heavy atom. The first-order valence-corrected chi connectivity index (χ1v) is 4.78. The summed E-state index contributed by atoms with van der Waals surface area (Å²) in [7, 11) is 0. The minimum absolute atomic E-state index is 0.0851. The van der Waals surface area contributed by atoms with Crippen LogP contribution in [0.25, 0.3) is 0 Å². The minimum Gasteiger partial charge on any atom is -0.477 e. The summed E-state index contributed by atoms with van der Waals surface area (Å²) in [6.45, 7) is 7.85. The van der Waals surface area contributed by atoms with Gasteiger partial charge in [0.1, 0.15) is 5.56 Å². The van der Waals surface area contributed by atoms with Crippen molar-refractivity contribution in [3.8, 4) is 0 Å². The van der Waals surface area contributed by atoms with Crippen LogP contribution in [0.15, 0.2) is 11.0 Å². The van der Waals surface area contributed by atoms with E-state index in [0.717, 1.165) is 0 Å². The lowest BCUT2D eigenvalue weighted by molar-refractivity contribution is 0.0695.